The van der Waals surface area contributed by atoms with E-state index in [1.165, 1.54) is 30.0 Å². The molecule has 0 fully saturated rings. The highest BCUT2D eigenvalue weighted by atomic mass is 32.2. The standard InChI is InChI=1S/C15H17N3O2S2/c1-9-8-21-15(16-9)18-14(20)10(2)22-13-6-4-12(5-7-13)17-11(3)19/h4-8,10H,1-3H3,(H,17,19)(H,16,18,20). The van der Waals surface area contributed by atoms with Crippen molar-refractivity contribution in [3.8, 4) is 0 Å². The molecule has 1 heterocycles. The minimum absolute atomic E-state index is 0.0784. The number of aromatic nitrogens is 1. The number of hydrogen-bond donors (Lipinski definition) is 2. The SMILES string of the molecule is CC(=O)Nc1ccc(SC(C)C(=O)Nc2nc(C)cs2)cc1. The highest BCUT2D eigenvalue weighted by Crippen LogP contribution is 2.26. The lowest BCUT2D eigenvalue weighted by atomic mass is 10.3. The molecule has 0 saturated carbocycles. The molecule has 7 heteroatoms. The molecular weight excluding hydrogens is 318 g/mol. The Hall–Kier alpha value is -1.86. The van der Waals surface area contributed by atoms with E-state index >= 15 is 0 Å². The van der Waals surface area contributed by atoms with E-state index < -0.39 is 0 Å². The summed E-state index contributed by atoms with van der Waals surface area (Å²) in [6, 6.07) is 7.40. The lowest BCUT2D eigenvalue weighted by molar-refractivity contribution is -0.115. The highest BCUT2D eigenvalue weighted by Gasteiger charge is 2.15. The van der Waals surface area contributed by atoms with Crippen molar-refractivity contribution < 1.29 is 9.59 Å². The number of benzene rings is 1. The van der Waals surface area contributed by atoms with Crippen LogP contribution in [0.1, 0.15) is 19.5 Å². The number of thioether (sulfide) groups is 1. The molecule has 0 bridgehead atoms. The van der Waals surface area contributed by atoms with E-state index in [4.69, 9.17) is 0 Å². The van der Waals surface area contributed by atoms with Gasteiger partial charge in [-0.3, -0.25) is 9.59 Å². The van der Waals surface area contributed by atoms with Gasteiger partial charge in [0.15, 0.2) is 5.13 Å². The molecule has 1 unspecified atom stereocenters. The summed E-state index contributed by atoms with van der Waals surface area (Å²) in [5, 5.41) is 7.80. The van der Waals surface area contributed by atoms with Gasteiger partial charge in [-0.2, -0.15) is 0 Å². The van der Waals surface area contributed by atoms with Crippen LogP contribution >= 0.6 is 23.1 Å². The molecule has 1 aromatic carbocycles. The Morgan fingerprint density at radius 2 is 1.91 bits per heavy atom. The molecule has 0 aliphatic heterocycles. The van der Waals surface area contributed by atoms with E-state index in [1.807, 2.05) is 43.5 Å². The molecule has 0 radical (unpaired) electrons. The highest BCUT2D eigenvalue weighted by molar-refractivity contribution is 8.00. The summed E-state index contributed by atoms with van der Waals surface area (Å²) in [4.78, 5) is 28.3. The van der Waals surface area contributed by atoms with E-state index in [2.05, 4.69) is 15.6 Å². The molecule has 2 aromatic rings. The molecule has 2 amide bonds. The number of hydrogen-bond acceptors (Lipinski definition) is 5. The minimum Gasteiger partial charge on any atom is -0.326 e. The molecule has 0 saturated heterocycles. The van der Waals surface area contributed by atoms with Crippen molar-refractivity contribution in [2.45, 2.75) is 30.9 Å². The van der Waals surface area contributed by atoms with Crippen molar-refractivity contribution in [1.82, 2.24) is 4.98 Å². The van der Waals surface area contributed by atoms with Gasteiger partial charge < -0.3 is 10.6 Å². The fourth-order valence-electron chi connectivity index (χ4n) is 1.70. The number of nitrogens with one attached hydrogen (secondary N) is 2. The van der Waals surface area contributed by atoms with E-state index in [-0.39, 0.29) is 17.1 Å². The molecule has 0 aliphatic rings. The second kappa shape index (κ2) is 7.42. The van der Waals surface area contributed by atoms with E-state index in [9.17, 15) is 9.59 Å². The minimum atomic E-state index is -0.240. The summed E-state index contributed by atoms with van der Waals surface area (Å²) in [6.07, 6.45) is 0. The topological polar surface area (TPSA) is 71.1 Å². The van der Waals surface area contributed by atoms with Gasteiger partial charge in [0, 0.05) is 22.9 Å². The fourth-order valence-corrected chi connectivity index (χ4v) is 3.25. The lowest BCUT2D eigenvalue weighted by Gasteiger charge is -2.11. The summed E-state index contributed by atoms with van der Waals surface area (Å²) in [5.74, 6) is -0.183. The van der Waals surface area contributed by atoms with Crippen LogP contribution in [0.4, 0.5) is 10.8 Å². The van der Waals surface area contributed by atoms with Crippen molar-refractivity contribution in [3.63, 3.8) is 0 Å². The van der Waals surface area contributed by atoms with Gasteiger partial charge in [-0.1, -0.05) is 0 Å². The van der Waals surface area contributed by atoms with Crippen LogP contribution in [0.15, 0.2) is 34.5 Å². The number of rotatable bonds is 5. The molecule has 22 heavy (non-hydrogen) atoms. The molecule has 2 N–H and O–H groups in total. The number of carbonyl (C=O) groups excluding carboxylic acids is 2. The molecule has 0 aliphatic carbocycles. The zero-order valence-electron chi connectivity index (χ0n) is 12.5. The number of thiazole rings is 1. The van der Waals surface area contributed by atoms with Gasteiger partial charge in [0.25, 0.3) is 0 Å². The Bertz CT molecular complexity index is 668. The predicted molar refractivity (Wildman–Crippen MR) is 91.5 cm³/mol. The molecule has 1 aromatic heterocycles. The zero-order chi connectivity index (χ0) is 16.1. The average molecular weight is 335 g/mol. The molecule has 1 atom stereocenters. The van der Waals surface area contributed by atoms with E-state index in [0.717, 1.165) is 16.3 Å². The largest absolute Gasteiger partial charge is 0.326 e. The van der Waals surface area contributed by atoms with Crippen LogP contribution in [0.3, 0.4) is 0 Å². The number of nitrogens with zero attached hydrogens (tertiary/aromatic N) is 1. The second-order valence-electron chi connectivity index (χ2n) is 4.75. The summed E-state index contributed by atoms with van der Waals surface area (Å²) in [5.41, 5.74) is 1.64. The molecular formula is C15H17N3O2S2. The normalized spacial score (nSPS) is 11.8. The van der Waals surface area contributed by atoms with Gasteiger partial charge in [-0.05, 0) is 38.1 Å². The first-order valence-electron chi connectivity index (χ1n) is 6.71. The lowest BCUT2D eigenvalue weighted by Crippen LogP contribution is -2.22. The van der Waals surface area contributed by atoms with Crippen LogP contribution in [0.25, 0.3) is 0 Å². The maximum absolute atomic E-state index is 12.1. The predicted octanol–water partition coefficient (Wildman–Crippen LogP) is 3.53. The van der Waals surface area contributed by atoms with Gasteiger partial charge >= 0.3 is 0 Å². The van der Waals surface area contributed by atoms with E-state index in [1.54, 1.807) is 0 Å². The first kappa shape index (κ1) is 16.5. The van der Waals surface area contributed by atoms with Gasteiger partial charge in [0.2, 0.25) is 11.8 Å². The zero-order valence-corrected chi connectivity index (χ0v) is 14.2. The Balaban J connectivity index is 1.91. The maximum Gasteiger partial charge on any atom is 0.239 e. The third kappa shape index (κ3) is 4.85. The molecule has 2 rings (SSSR count). The summed E-state index contributed by atoms with van der Waals surface area (Å²) >= 11 is 2.87. The molecule has 0 spiro atoms. The Morgan fingerprint density at radius 3 is 2.45 bits per heavy atom. The monoisotopic (exact) mass is 335 g/mol. The smallest absolute Gasteiger partial charge is 0.239 e. The van der Waals surface area contributed by atoms with Crippen LogP contribution < -0.4 is 10.6 Å². The van der Waals surface area contributed by atoms with Crippen molar-refractivity contribution in [2.24, 2.45) is 0 Å². The molecule has 5 nitrogen and oxygen atoms in total. The Morgan fingerprint density at radius 1 is 1.23 bits per heavy atom. The van der Waals surface area contributed by atoms with Gasteiger partial charge in [-0.15, -0.1) is 23.1 Å². The Labute approximate surface area is 137 Å². The van der Waals surface area contributed by atoms with Crippen LogP contribution in [0, 0.1) is 6.92 Å². The average Bonchev–Trinajstić information content (AvgIpc) is 2.85. The molecule has 116 valence electrons. The van der Waals surface area contributed by atoms with Crippen LogP contribution in [0.2, 0.25) is 0 Å². The third-order valence-corrected chi connectivity index (χ3v) is 4.69. The summed E-state index contributed by atoms with van der Waals surface area (Å²) in [6.45, 7) is 5.21. The number of amides is 2. The third-order valence-electron chi connectivity index (χ3n) is 2.71. The van der Waals surface area contributed by atoms with Gasteiger partial charge in [-0.25, -0.2) is 4.98 Å². The van der Waals surface area contributed by atoms with Crippen molar-refractivity contribution in [3.05, 3.63) is 35.3 Å². The Kier molecular flexibility index (Phi) is 5.57. The number of anilines is 2. The van der Waals surface area contributed by atoms with Crippen molar-refractivity contribution in [1.29, 1.82) is 0 Å². The fraction of sp³-hybridized carbons (Fsp3) is 0.267. The van der Waals surface area contributed by atoms with Gasteiger partial charge in [0.1, 0.15) is 0 Å². The van der Waals surface area contributed by atoms with Gasteiger partial charge in [0.05, 0.1) is 10.9 Å². The maximum atomic E-state index is 12.1. The summed E-state index contributed by atoms with van der Waals surface area (Å²) < 4.78 is 0. The van der Waals surface area contributed by atoms with Crippen LogP contribution in [-0.4, -0.2) is 22.0 Å². The van der Waals surface area contributed by atoms with E-state index in [0.29, 0.717) is 5.13 Å². The van der Waals surface area contributed by atoms with Crippen LogP contribution in [-0.2, 0) is 9.59 Å². The second-order valence-corrected chi connectivity index (χ2v) is 7.02. The summed E-state index contributed by atoms with van der Waals surface area (Å²) in [7, 11) is 0. The quantitative estimate of drug-likeness (QED) is 0.820. The van der Waals surface area contributed by atoms with Crippen LogP contribution in [0.5, 0.6) is 0 Å². The number of carbonyl (C=O) groups is 2. The van der Waals surface area contributed by atoms with Crippen molar-refractivity contribution in [2.75, 3.05) is 10.6 Å². The first-order chi connectivity index (χ1) is 10.4. The first-order valence-corrected chi connectivity index (χ1v) is 8.47. The van der Waals surface area contributed by atoms with Crippen molar-refractivity contribution >= 4 is 45.7 Å². The number of aryl methyl sites for hydroxylation is 1.